The Bertz CT molecular complexity index is 2820. The van der Waals surface area contributed by atoms with Gasteiger partial charge in [0.2, 0.25) is 17.7 Å². The molecule has 5 amide bonds. The summed E-state index contributed by atoms with van der Waals surface area (Å²) in [5, 5.41) is 11.7. The maximum atomic E-state index is 17.1. The summed E-state index contributed by atoms with van der Waals surface area (Å²) >= 11 is 0. The summed E-state index contributed by atoms with van der Waals surface area (Å²) in [6.45, 7) is 10.2. The summed E-state index contributed by atoms with van der Waals surface area (Å²) in [7, 11) is 3.29. The zero-order valence-electron chi connectivity index (χ0n) is 42.0. The van der Waals surface area contributed by atoms with Crippen LogP contribution in [-0.2, 0) is 31.8 Å². The van der Waals surface area contributed by atoms with Crippen LogP contribution in [0.5, 0.6) is 5.75 Å². The number of rotatable bonds is 12. The molecule has 4 N–H and O–H groups in total. The zero-order valence-corrected chi connectivity index (χ0v) is 42.0. The van der Waals surface area contributed by atoms with Crippen LogP contribution in [0.25, 0.3) is 16.5 Å². The highest BCUT2D eigenvalue weighted by Crippen LogP contribution is 2.56. The van der Waals surface area contributed by atoms with Crippen LogP contribution in [0.4, 0.5) is 19.4 Å². The number of primary amides is 1. The van der Waals surface area contributed by atoms with Crippen LogP contribution in [0.2, 0.25) is 0 Å². The van der Waals surface area contributed by atoms with Crippen LogP contribution in [0.1, 0.15) is 111 Å². The van der Waals surface area contributed by atoms with Gasteiger partial charge in [0.15, 0.2) is 17.1 Å². The van der Waals surface area contributed by atoms with Gasteiger partial charge in [0.1, 0.15) is 17.7 Å². The number of carbonyl (C=O) groups is 4. The smallest absolute Gasteiger partial charge is 0.329 e. The summed E-state index contributed by atoms with van der Waals surface area (Å²) in [5.74, 6) is -0.0826. The predicted octanol–water partition coefficient (Wildman–Crippen LogP) is 7.28. The lowest BCUT2D eigenvalue weighted by Gasteiger charge is -2.40. The standard InChI is InChI=1S/C56H66F2N8O6/c1-33-43(57)30-45-49(48(33)50-42(51(59)68)17-18-46(71-5)55(50,3)58)34(2)56(72-45,39-9-7-6-8-10-39)32-60-40-14-11-37(12-15-40)53(69)65-26-19-35(20-27-65)31-64-24-21-36(22-25-64)38-13-16-41-44(29-38)63(4)62-52(41)66-28-23-47(67)61-54(66)70/h6-7,9,13,16-18,29-30,34-37,40,46,60H,11-12,14-15,19-28,31-32H2,1-5H3,(H2,59,68)(H,61,67,70)/t34-,37?,40?,46?,55?,56-/m0/s1. The summed E-state index contributed by atoms with van der Waals surface area (Å²) in [4.78, 5) is 57.4. The number of benzene rings is 2. The number of anilines is 1. The predicted molar refractivity (Wildman–Crippen MR) is 269 cm³/mol. The van der Waals surface area contributed by atoms with Crippen molar-refractivity contribution in [2.75, 3.05) is 57.8 Å². The average molecular weight is 985 g/mol. The average Bonchev–Trinajstić information content (AvgIpc) is 3.85. The minimum atomic E-state index is -2.23. The van der Waals surface area contributed by atoms with E-state index in [2.05, 4.69) is 55.9 Å². The zero-order chi connectivity index (χ0) is 50.6. The van der Waals surface area contributed by atoms with E-state index in [4.69, 9.17) is 15.2 Å². The summed E-state index contributed by atoms with van der Waals surface area (Å²) in [6.07, 6.45) is 9.44. The van der Waals surface area contributed by atoms with Crippen molar-refractivity contribution in [3.05, 3.63) is 106 Å². The first-order valence-electron chi connectivity index (χ1n) is 25.8. The van der Waals surface area contributed by atoms with E-state index in [9.17, 15) is 19.2 Å². The number of halogens is 2. The van der Waals surface area contributed by atoms with Gasteiger partial charge < -0.3 is 30.3 Å². The number of piperidine rings is 2. The molecule has 2 unspecified atom stereocenters. The molecular formula is C56H66F2N8O6. The second-order valence-electron chi connectivity index (χ2n) is 21.2. The lowest BCUT2D eigenvalue weighted by molar-refractivity contribution is -0.138. The Labute approximate surface area is 420 Å². The molecule has 0 bridgehead atoms. The van der Waals surface area contributed by atoms with Gasteiger partial charge in [-0.15, -0.1) is 0 Å². The largest absolute Gasteiger partial charge is 0.479 e. The Morgan fingerprint density at radius 3 is 2.46 bits per heavy atom. The third-order valence-electron chi connectivity index (χ3n) is 17.0. The molecule has 380 valence electrons. The van der Waals surface area contributed by atoms with Crippen molar-refractivity contribution in [2.45, 2.75) is 114 Å². The monoisotopic (exact) mass is 985 g/mol. The van der Waals surface area contributed by atoms with Gasteiger partial charge in [-0.1, -0.05) is 43.3 Å². The van der Waals surface area contributed by atoms with E-state index in [1.807, 2.05) is 30.8 Å². The SMILES string of the molecule is COC1C=CC(C(N)=O)=C(c2c(C)c(F)cc3c2[C@H](C)[C@@](CNC2CCC(C(=O)N4CCC(CN5CCC(c6ccc7c(N8CCC(=O)NC8=O)nn(C)c7c6)CC5)CC4)CC2)(c2c#cccc2)O3)C1(C)F. The Kier molecular flexibility index (Phi) is 13.5. The van der Waals surface area contributed by atoms with Gasteiger partial charge in [-0.25, -0.2) is 13.6 Å². The Morgan fingerprint density at radius 2 is 1.78 bits per heavy atom. The normalized spacial score (nSPS) is 27.5. The number of nitrogens with two attached hydrogens (primary N) is 1. The molecule has 4 atom stereocenters. The molecule has 0 radical (unpaired) electrons. The van der Waals surface area contributed by atoms with Crippen molar-refractivity contribution in [3.63, 3.8) is 0 Å². The fourth-order valence-corrected chi connectivity index (χ4v) is 12.7. The molecule has 4 aliphatic heterocycles. The number of hydrogen-bond donors (Lipinski definition) is 3. The number of fused-ring (bicyclic) bond motifs is 2. The molecule has 10 rings (SSSR count). The summed E-state index contributed by atoms with van der Waals surface area (Å²) in [5.41, 5.74) is 6.47. The number of amides is 5. The number of methoxy groups -OCH3 is 1. The molecule has 1 saturated carbocycles. The van der Waals surface area contributed by atoms with E-state index in [0.29, 0.717) is 41.9 Å². The van der Waals surface area contributed by atoms with E-state index in [1.165, 1.54) is 37.8 Å². The lowest BCUT2D eigenvalue weighted by atomic mass is 9.72. The number of alkyl halides is 1. The molecule has 3 aromatic carbocycles. The summed E-state index contributed by atoms with van der Waals surface area (Å²) < 4.78 is 47.3. The van der Waals surface area contributed by atoms with Crippen LogP contribution in [0.15, 0.2) is 60.2 Å². The van der Waals surface area contributed by atoms with Crippen molar-refractivity contribution < 1.29 is 37.4 Å². The second kappa shape index (κ2) is 19.7. The topological polar surface area (TPSA) is 164 Å². The minimum Gasteiger partial charge on any atom is -0.479 e. The van der Waals surface area contributed by atoms with Crippen molar-refractivity contribution in [1.29, 1.82) is 0 Å². The van der Waals surface area contributed by atoms with E-state index in [1.54, 1.807) is 17.9 Å². The number of nitrogens with one attached hydrogen (secondary N) is 2. The first-order valence-corrected chi connectivity index (χ1v) is 25.8. The van der Waals surface area contributed by atoms with Crippen LogP contribution in [0, 0.1) is 36.7 Å². The third kappa shape index (κ3) is 8.95. The van der Waals surface area contributed by atoms with Crippen molar-refractivity contribution in [1.82, 2.24) is 30.2 Å². The Morgan fingerprint density at radius 1 is 1.03 bits per heavy atom. The van der Waals surface area contributed by atoms with Crippen molar-refractivity contribution >= 4 is 46.0 Å². The second-order valence-corrected chi connectivity index (χ2v) is 21.2. The highest BCUT2D eigenvalue weighted by molar-refractivity contribution is 6.09. The van der Waals surface area contributed by atoms with Crippen molar-refractivity contribution in [3.8, 4) is 5.75 Å². The lowest BCUT2D eigenvalue weighted by Crippen LogP contribution is -2.49. The van der Waals surface area contributed by atoms with Gasteiger partial charge in [0, 0.05) is 105 Å². The molecule has 14 nitrogen and oxygen atoms in total. The molecule has 2 aliphatic carbocycles. The highest BCUT2D eigenvalue weighted by atomic mass is 19.1. The molecular weight excluding hydrogens is 919 g/mol. The van der Waals surface area contributed by atoms with E-state index in [-0.39, 0.29) is 58.2 Å². The number of carbonyl (C=O) groups excluding carboxylic acids is 4. The maximum absolute atomic E-state index is 17.1. The molecule has 5 heterocycles. The number of hydrogen-bond acceptors (Lipinski definition) is 9. The van der Waals surface area contributed by atoms with Crippen LogP contribution >= 0.6 is 0 Å². The number of imide groups is 1. The van der Waals surface area contributed by atoms with E-state index < -0.39 is 41.0 Å². The Hall–Kier alpha value is -6.15. The molecule has 72 heavy (non-hydrogen) atoms. The molecule has 6 aliphatic rings. The van der Waals surface area contributed by atoms with Gasteiger partial charge in [-0.2, -0.15) is 5.10 Å². The van der Waals surface area contributed by atoms with Gasteiger partial charge in [0.25, 0.3) is 0 Å². The maximum Gasteiger partial charge on any atom is 0.329 e. The summed E-state index contributed by atoms with van der Waals surface area (Å²) in [6, 6.07) is 19.3. The number of likely N-dealkylation sites (tertiary alicyclic amines) is 2. The van der Waals surface area contributed by atoms with Gasteiger partial charge in [-0.05, 0) is 131 Å². The quantitative estimate of drug-likeness (QED) is 0.132. The first kappa shape index (κ1) is 49.4. The molecule has 1 aromatic heterocycles. The van der Waals surface area contributed by atoms with Gasteiger partial charge in [-0.3, -0.25) is 29.3 Å². The fraction of sp³-hybridized carbons (Fsp3) is 0.518. The van der Waals surface area contributed by atoms with Gasteiger partial charge >= 0.3 is 6.03 Å². The van der Waals surface area contributed by atoms with E-state index in [0.717, 1.165) is 95.0 Å². The molecule has 4 fully saturated rings. The van der Waals surface area contributed by atoms with Crippen LogP contribution < -0.4 is 26.0 Å². The first-order chi connectivity index (χ1) is 34.6. The molecule has 4 aromatic rings. The number of nitrogens with zero attached hydrogens (tertiary/aromatic N) is 5. The van der Waals surface area contributed by atoms with Gasteiger partial charge in [0.05, 0.1) is 5.52 Å². The highest BCUT2D eigenvalue weighted by Gasteiger charge is 2.53. The Balaban J connectivity index is 0.729. The number of aryl methyl sites for hydroxylation is 1. The molecule has 0 spiro atoms. The third-order valence-corrected chi connectivity index (χ3v) is 17.0. The van der Waals surface area contributed by atoms with E-state index >= 15 is 8.78 Å². The van der Waals surface area contributed by atoms with Crippen LogP contribution in [0.3, 0.4) is 0 Å². The molecule has 16 heteroatoms. The minimum absolute atomic E-state index is 0.0224. The van der Waals surface area contributed by atoms with Crippen molar-refractivity contribution in [2.24, 2.45) is 24.6 Å². The van der Waals surface area contributed by atoms with Crippen LogP contribution in [-0.4, -0.2) is 114 Å². The molecule has 3 saturated heterocycles. The number of aromatic nitrogens is 2. The number of ether oxygens (including phenoxy) is 2. The fourth-order valence-electron chi connectivity index (χ4n) is 12.7. The number of urea groups is 1.